The molecule has 1 unspecified atom stereocenters. The fourth-order valence-electron chi connectivity index (χ4n) is 2.08. The topological polar surface area (TPSA) is 38.1 Å². The van der Waals surface area contributed by atoms with Crippen LogP contribution in [0.3, 0.4) is 0 Å². The third-order valence-electron chi connectivity index (χ3n) is 3.24. The maximum Gasteiger partial charge on any atom is 0.208 e. The summed E-state index contributed by atoms with van der Waals surface area (Å²) in [6, 6.07) is 8.31. The number of hydrogen-bond donors (Lipinski definition) is 1. The Morgan fingerprint density at radius 2 is 2.14 bits per heavy atom. The molecule has 110 valence electrons. The lowest BCUT2D eigenvalue weighted by Gasteiger charge is -2.14. The van der Waals surface area contributed by atoms with E-state index in [1.165, 1.54) is 9.75 Å². The van der Waals surface area contributed by atoms with Gasteiger partial charge in [0, 0.05) is 9.75 Å². The minimum atomic E-state index is 0.120. The first kappa shape index (κ1) is 14.8. The zero-order chi connectivity index (χ0) is 14.8. The normalized spacial score (nSPS) is 12.7. The van der Waals surface area contributed by atoms with E-state index in [-0.39, 0.29) is 6.04 Å². The highest BCUT2D eigenvalue weighted by Gasteiger charge is 2.18. The van der Waals surface area contributed by atoms with Crippen molar-refractivity contribution in [2.45, 2.75) is 26.4 Å². The monoisotopic (exact) mass is 338 g/mol. The summed E-state index contributed by atoms with van der Waals surface area (Å²) in [7, 11) is 0. The summed E-state index contributed by atoms with van der Waals surface area (Å²) < 4.78 is 6.43. The summed E-state index contributed by atoms with van der Waals surface area (Å²) in [6.07, 6.45) is 0. The molecule has 3 nitrogen and oxygen atoms in total. The van der Waals surface area contributed by atoms with Crippen LogP contribution in [0.1, 0.15) is 33.1 Å². The minimum absolute atomic E-state index is 0.120. The number of aryl methyl sites for hydroxylation is 2. The first-order valence-electron chi connectivity index (χ1n) is 6.58. The minimum Gasteiger partial charge on any atom is -0.444 e. The molecule has 0 fully saturated rings. The van der Waals surface area contributed by atoms with Crippen molar-refractivity contribution in [3.63, 3.8) is 0 Å². The lowest BCUT2D eigenvalue weighted by Crippen LogP contribution is -2.20. The van der Waals surface area contributed by atoms with Crippen LogP contribution in [0.25, 0.3) is 0 Å². The average Bonchev–Trinajstić information content (AvgIpc) is 3.15. The molecule has 0 aliphatic carbocycles. The second kappa shape index (κ2) is 6.32. The van der Waals surface area contributed by atoms with Gasteiger partial charge in [-0.05, 0) is 37.4 Å². The first-order chi connectivity index (χ1) is 10.1. The predicted molar refractivity (Wildman–Crippen MR) is 88.3 cm³/mol. The van der Waals surface area contributed by atoms with Crippen molar-refractivity contribution in [2.75, 3.05) is 0 Å². The van der Waals surface area contributed by atoms with Crippen LogP contribution in [0.5, 0.6) is 0 Å². The van der Waals surface area contributed by atoms with Crippen molar-refractivity contribution in [2.24, 2.45) is 0 Å². The van der Waals surface area contributed by atoms with Gasteiger partial charge in [0.15, 0.2) is 0 Å². The number of nitrogens with one attached hydrogen (secondary N) is 1. The standard InChI is InChI=1S/C15H15ClN2OS2/c1-9-10(2)19-14(18-9)8-17-15(11-4-3-7-20-11)12-5-6-13(16)21-12/h3-7,15,17H,8H2,1-2H3. The van der Waals surface area contributed by atoms with Gasteiger partial charge < -0.3 is 4.42 Å². The molecule has 21 heavy (non-hydrogen) atoms. The third kappa shape index (κ3) is 3.37. The highest BCUT2D eigenvalue weighted by atomic mass is 35.5. The van der Waals surface area contributed by atoms with Crippen LogP contribution in [-0.4, -0.2) is 4.98 Å². The zero-order valence-corrected chi connectivity index (χ0v) is 14.1. The van der Waals surface area contributed by atoms with Gasteiger partial charge in [-0.2, -0.15) is 0 Å². The highest BCUT2D eigenvalue weighted by Crippen LogP contribution is 2.33. The summed E-state index contributed by atoms with van der Waals surface area (Å²) in [4.78, 5) is 6.87. The summed E-state index contributed by atoms with van der Waals surface area (Å²) >= 11 is 9.40. The molecule has 1 atom stereocenters. The molecule has 3 aromatic rings. The van der Waals surface area contributed by atoms with Crippen molar-refractivity contribution >= 4 is 34.3 Å². The van der Waals surface area contributed by atoms with Gasteiger partial charge >= 0.3 is 0 Å². The van der Waals surface area contributed by atoms with E-state index in [4.69, 9.17) is 16.0 Å². The van der Waals surface area contributed by atoms with Crippen LogP contribution < -0.4 is 5.32 Å². The molecule has 3 heterocycles. The van der Waals surface area contributed by atoms with Crippen molar-refractivity contribution in [1.29, 1.82) is 0 Å². The number of hydrogen-bond acceptors (Lipinski definition) is 5. The molecule has 0 radical (unpaired) electrons. The Bertz CT molecular complexity index is 698. The molecule has 6 heteroatoms. The molecule has 0 aromatic carbocycles. The molecular formula is C15H15ClN2OS2. The van der Waals surface area contributed by atoms with Crippen LogP contribution in [0.15, 0.2) is 34.1 Å². The van der Waals surface area contributed by atoms with E-state index in [9.17, 15) is 0 Å². The fraction of sp³-hybridized carbons (Fsp3) is 0.267. The van der Waals surface area contributed by atoms with Crippen LogP contribution >= 0.6 is 34.3 Å². The molecule has 0 saturated heterocycles. The predicted octanol–water partition coefficient (Wildman–Crippen LogP) is 4.95. The Morgan fingerprint density at radius 1 is 1.29 bits per heavy atom. The van der Waals surface area contributed by atoms with E-state index >= 15 is 0 Å². The van der Waals surface area contributed by atoms with Crippen molar-refractivity contribution in [3.8, 4) is 0 Å². The number of oxazole rings is 1. The summed E-state index contributed by atoms with van der Waals surface area (Å²) in [5, 5.41) is 5.60. The quantitative estimate of drug-likeness (QED) is 0.715. The molecule has 0 spiro atoms. The van der Waals surface area contributed by atoms with E-state index in [0.717, 1.165) is 15.8 Å². The molecule has 3 aromatic heterocycles. The van der Waals surface area contributed by atoms with Crippen molar-refractivity contribution in [1.82, 2.24) is 10.3 Å². The SMILES string of the molecule is Cc1nc(CNC(c2cccs2)c2ccc(Cl)s2)oc1C. The molecule has 0 amide bonds. The molecular weight excluding hydrogens is 324 g/mol. The number of thiophene rings is 2. The summed E-state index contributed by atoms with van der Waals surface area (Å²) in [5.74, 6) is 1.59. The maximum absolute atomic E-state index is 6.07. The second-order valence-electron chi connectivity index (χ2n) is 4.72. The molecule has 0 bridgehead atoms. The molecule has 3 rings (SSSR count). The van der Waals surface area contributed by atoms with Crippen LogP contribution in [0, 0.1) is 13.8 Å². The molecule has 0 aliphatic rings. The Balaban J connectivity index is 1.80. The van der Waals surface area contributed by atoms with Gasteiger partial charge in [-0.25, -0.2) is 4.98 Å². The molecule has 0 aliphatic heterocycles. The summed E-state index contributed by atoms with van der Waals surface area (Å²) in [5.41, 5.74) is 0.943. The van der Waals surface area contributed by atoms with Gasteiger partial charge in [-0.3, -0.25) is 5.32 Å². The molecule has 1 N–H and O–H groups in total. The smallest absolute Gasteiger partial charge is 0.208 e. The average molecular weight is 339 g/mol. The van der Waals surface area contributed by atoms with E-state index in [1.54, 1.807) is 22.7 Å². The van der Waals surface area contributed by atoms with Crippen LogP contribution in [0.4, 0.5) is 0 Å². The number of rotatable bonds is 5. The van der Waals surface area contributed by atoms with E-state index < -0.39 is 0 Å². The van der Waals surface area contributed by atoms with Crippen LogP contribution in [-0.2, 0) is 6.54 Å². The third-order valence-corrected chi connectivity index (χ3v) is 5.47. The lowest BCUT2D eigenvalue weighted by atomic mass is 10.2. The van der Waals surface area contributed by atoms with Crippen molar-refractivity contribution < 1.29 is 4.42 Å². The van der Waals surface area contributed by atoms with Gasteiger partial charge in [0.1, 0.15) is 5.76 Å². The van der Waals surface area contributed by atoms with Gasteiger partial charge in [0.25, 0.3) is 0 Å². The highest BCUT2D eigenvalue weighted by molar-refractivity contribution is 7.16. The molecule has 0 saturated carbocycles. The van der Waals surface area contributed by atoms with E-state index in [2.05, 4.69) is 33.9 Å². The Labute approximate surface area is 136 Å². The van der Waals surface area contributed by atoms with E-state index in [1.807, 2.05) is 19.9 Å². The Hall–Kier alpha value is -1.14. The van der Waals surface area contributed by atoms with Gasteiger partial charge in [-0.15, -0.1) is 22.7 Å². The van der Waals surface area contributed by atoms with Crippen LogP contribution in [0.2, 0.25) is 4.34 Å². The van der Waals surface area contributed by atoms with Gasteiger partial charge in [-0.1, -0.05) is 17.7 Å². The maximum atomic E-state index is 6.07. The van der Waals surface area contributed by atoms with Gasteiger partial charge in [0.2, 0.25) is 5.89 Å². The number of aromatic nitrogens is 1. The summed E-state index contributed by atoms with van der Waals surface area (Å²) in [6.45, 7) is 4.48. The lowest BCUT2D eigenvalue weighted by molar-refractivity contribution is 0.440. The Kier molecular flexibility index (Phi) is 4.45. The largest absolute Gasteiger partial charge is 0.444 e. The zero-order valence-electron chi connectivity index (χ0n) is 11.7. The van der Waals surface area contributed by atoms with Gasteiger partial charge in [0.05, 0.1) is 22.6 Å². The first-order valence-corrected chi connectivity index (χ1v) is 8.66. The number of nitrogens with zero attached hydrogens (tertiary/aromatic N) is 1. The number of halogens is 1. The Morgan fingerprint density at radius 3 is 2.71 bits per heavy atom. The van der Waals surface area contributed by atoms with Crippen molar-refractivity contribution in [3.05, 3.63) is 61.1 Å². The second-order valence-corrected chi connectivity index (χ2v) is 7.45. The van der Waals surface area contributed by atoms with E-state index in [0.29, 0.717) is 12.4 Å². The fourth-order valence-corrected chi connectivity index (χ4v) is 4.13.